The second-order valence-corrected chi connectivity index (χ2v) is 8.43. The molecule has 2 fully saturated rings. The second-order valence-electron chi connectivity index (χ2n) is 8.43. The lowest BCUT2D eigenvalue weighted by molar-refractivity contribution is 0.0761. The van der Waals surface area contributed by atoms with E-state index in [2.05, 4.69) is 31.7 Å². The Bertz CT molecular complexity index is 1280. The molecule has 1 amide bonds. The van der Waals surface area contributed by atoms with Crippen molar-refractivity contribution in [1.82, 2.24) is 24.6 Å². The number of carbonyl (C=O) groups is 1. The van der Waals surface area contributed by atoms with Gasteiger partial charge in [-0.15, -0.1) is 0 Å². The maximum atomic E-state index is 13.9. The zero-order valence-electron chi connectivity index (χ0n) is 18.1. The number of nitrogens with zero attached hydrogens (tertiary/aromatic N) is 8. The number of aliphatic imine (C=N–C) groups is 1. The van der Waals surface area contributed by atoms with E-state index in [1.54, 1.807) is 24.7 Å². The number of fused-ring (bicyclic) bond motifs is 1. The van der Waals surface area contributed by atoms with Gasteiger partial charge in [0, 0.05) is 38.8 Å². The first-order chi connectivity index (χ1) is 15.9. The van der Waals surface area contributed by atoms with Gasteiger partial charge in [0.2, 0.25) is 5.89 Å². The van der Waals surface area contributed by atoms with Crippen molar-refractivity contribution in [1.29, 1.82) is 5.26 Å². The Morgan fingerprint density at radius 1 is 1.42 bits per heavy atom. The molecular formula is C22H21FN8O2. The van der Waals surface area contributed by atoms with Crippen LogP contribution in [-0.2, 0) is 13.6 Å². The fourth-order valence-electron chi connectivity index (χ4n) is 4.61. The molecule has 1 aliphatic carbocycles. The van der Waals surface area contributed by atoms with Crippen molar-refractivity contribution >= 4 is 24.1 Å². The molecule has 0 radical (unpaired) electrons. The zero-order valence-corrected chi connectivity index (χ0v) is 18.1. The molecule has 33 heavy (non-hydrogen) atoms. The van der Waals surface area contributed by atoms with Crippen LogP contribution in [0, 0.1) is 29.0 Å². The van der Waals surface area contributed by atoms with Crippen LogP contribution in [0.3, 0.4) is 0 Å². The third-order valence-electron chi connectivity index (χ3n) is 6.40. The van der Waals surface area contributed by atoms with Crippen LogP contribution in [-0.4, -0.2) is 57.4 Å². The van der Waals surface area contributed by atoms with Crippen molar-refractivity contribution in [3.63, 3.8) is 0 Å². The van der Waals surface area contributed by atoms with Crippen molar-refractivity contribution in [2.45, 2.75) is 12.5 Å². The van der Waals surface area contributed by atoms with Gasteiger partial charge in [-0.1, -0.05) is 5.16 Å². The molecule has 2 aromatic heterocycles. The maximum absolute atomic E-state index is 13.9. The second kappa shape index (κ2) is 7.81. The summed E-state index contributed by atoms with van der Waals surface area (Å²) in [6, 6.07) is 6.53. The van der Waals surface area contributed by atoms with E-state index in [1.165, 1.54) is 23.4 Å². The smallest absolute Gasteiger partial charge is 0.274 e. The summed E-state index contributed by atoms with van der Waals surface area (Å²) in [5.41, 5.74) is 1.15. The van der Waals surface area contributed by atoms with E-state index in [0.29, 0.717) is 29.2 Å². The molecular weight excluding hydrogens is 427 g/mol. The van der Waals surface area contributed by atoms with Crippen LogP contribution in [0.1, 0.15) is 33.7 Å². The number of halogens is 1. The van der Waals surface area contributed by atoms with Gasteiger partial charge in [0.25, 0.3) is 5.91 Å². The lowest BCUT2D eigenvalue weighted by Crippen LogP contribution is -2.28. The molecule has 5 rings (SSSR count). The van der Waals surface area contributed by atoms with Gasteiger partial charge in [-0.25, -0.2) is 14.4 Å². The van der Waals surface area contributed by atoms with Crippen LogP contribution in [0.4, 0.5) is 15.9 Å². The van der Waals surface area contributed by atoms with Gasteiger partial charge in [0.15, 0.2) is 17.3 Å². The standard InChI is InChI=1S/C22H21FN8O2/c1-25-21-19(30(3)11-26-21)22(32)29(2)10-17-27-20(28-33-17)18-14-8-31(9-15(14)18)13-5-4-12(7-24)16(23)6-13/h4-6,11,14-15,18H,1,8-10H2,2-3H3. The van der Waals surface area contributed by atoms with Crippen molar-refractivity contribution in [2.24, 2.45) is 23.9 Å². The first-order valence-corrected chi connectivity index (χ1v) is 10.4. The minimum absolute atomic E-state index is 0.0455. The molecule has 3 aromatic rings. The summed E-state index contributed by atoms with van der Waals surface area (Å²) in [5, 5.41) is 13.0. The highest BCUT2D eigenvalue weighted by Gasteiger charge is 2.58. The number of imidazole rings is 1. The highest BCUT2D eigenvalue weighted by atomic mass is 19.1. The number of anilines is 1. The van der Waals surface area contributed by atoms with Crippen LogP contribution in [0.25, 0.3) is 0 Å². The van der Waals surface area contributed by atoms with Gasteiger partial charge in [-0.2, -0.15) is 10.2 Å². The molecule has 3 heterocycles. The van der Waals surface area contributed by atoms with Gasteiger partial charge in [0.05, 0.1) is 11.9 Å². The van der Waals surface area contributed by atoms with E-state index in [1.807, 2.05) is 6.07 Å². The molecule has 2 aliphatic rings. The molecule has 1 saturated heterocycles. The lowest BCUT2D eigenvalue weighted by atomic mass is 10.2. The number of amides is 1. The van der Waals surface area contributed by atoms with Crippen LogP contribution in [0.2, 0.25) is 0 Å². The molecule has 168 valence electrons. The number of carbonyl (C=O) groups excluding carboxylic acids is 1. The Hall–Kier alpha value is -4.07. The largest absolute Gasteiger partial charge is 0.371 e. The average molecular weight is 448 g/mol. The summed E-state index contributed by atoms with van der Waals surface area (Å²) in [6.45, 7) is 5.14. The van der Waals surface area contributed by atoms with E-state index in [-0.39, 0.29) is 29.8 Å². The van der Waals surface area contributed by atoms with Gasteiger partial charge < -0.3 is 18.9 Å². The number of hydrogen-bond acceptors (Lipinski definition) is 8. The van der Waals surface area contributed by atoms with Crippen molar-refractivity contribution in [2.75, 3.05) is 25.0 Å². The zero-order chi connectivity index (χ0) is 23.3. The van der Waals surface area contributed by atoms with E-state index in [9.17, 15) is 9.18 Å². The number of aromatic nitrogens is 4. The SMILES string of the molecule is C=Nc1ncn(C)c1C(=O)N(C)Cc1nc(C2C3CN(c4ccc(C#N)c(F)c4)CC32)no1. The third-order valence-corrected chi connectivity index (χ3v) is 6.40. The van der Waals surface area contributed by atoms with E-state index < -0.39 is 5.82 Å². The first kappa shape index (κ1) is 20.8. The maximum Gasteiger partial charge on any atom is 0.274 e. The number of benzene rings is 1. The predicted molar refractivity (Wildman–Crippen MR) is 116 cm³/mol. The van der Waals surface area contributed by atoms with E-state index in [0.717, 1.165) is 18.8 Å². The summed E-state index contributed by atoms with van der Waals surface area (Å²) < 4.78 is 20.9. The van der Waals surface area contributed by atoms with Crippen molar-refractivity contribution in [3.8, 4) is 6.07 Å². The topological polar surface area (TPSA) is 116 Å². The normalized spacial score (nSPS) is 20.9. The Morgan fingerprint density at radius 3 is 2.85 bits per heavy atom. The molecule has 0 N–H and O–H groups in total. The summed E-state index contributed by atoms with van der Waals surface area (Å²) in [4.78, 5) is 28.7. The van der Waals surface area contributed by atoms with Crippen molar-refractivity contribution in [3.05, 3.63) is 53.3 Å². The molecule has 11 heteroatoms. The Morgan fingerprint density at radius 2 is 2.18 bits per heavy atom. The quantitative estimate of drug-likeness (QED) is 0.531. The molecule has 2 atom stereocenters. The summed E-state index contributed by atoms with van der Waals surface area (Å²) >= 11 is 0. The summed E-state index contributed by atoms with van der Waals surface area (Å²) in [6.07, 6.45) is 1.51. The Kier molecular flexibility index (Phi) is 4.92. The first-order valence-electron chi connectivity index (χ1n) is 10.4. The molecule has 1 aromatic carbocycles. The monoisotopic (exact) mass is 448 g/mol. The molecule has 0 spiro atoms. The fourth-order valence-corrected chi connectivity index (χ4v) is 4.61. The highest BCUT2D eigenvalue weighted by molar-refractivity contribution is 5.96. The number of rotatable bonds is 6. The molecule has 1 aliphatic heterocycles. The van der Waals surface area contributed by atoms with E-state index >= 15 is 0 Å². The van der Waals surface area contributed by atoms with Crippen molar-refractivity contribution < 1.29 is 13.7 Å². The van der Waals surface area contributed by atoms with Gasteiger partial charge >= 0.3 is 0 Å². The lowest BCUT2D eigenvalue weighted by Gasteiger charge is -2.21. The Labute approximate surface area is 189 Å². The fraction of sp³-hybridized carbons (Fsp3) is 0.364. The highest BCUT2D eigenvalue weighted by Crippen LogP contribution is 2.57. The predicted octanol–water partition coefficient (Wildman–Crippen LogP) is 2.27. The molecule has 0 bridgehead atoms. The van der Waals surface area contributed by atoms with Crippen LogP contribution in [0.15, 0.2) is 34.0 Å². The number of hydrogen-bond donors (Lipinski definition) is 0. The van der Waals surface area contributed by atoms with Crippen LogP contribution < -0.4 is 4.90 Å². The summed E-state index contributed by atoms with van der Waals surface area (Å²) in [5.74, 6) is 1.41. The average Bonchev–Trinajstić information content (AvgIpc) is 3.22. The molecule has 2 unspecified atom stereocenters. The van der Waals surface area contributed by atoms with Gasteiger partial charge in [0.1, 0.15) is 18.4 Å². The van der Waals surface area contributed by atoms with E-state index in [4.69, 9.17) is 9.78 Å². The molecule has 10 nitrogen and oxygen atoms in total. The Balaban J connectivity index is 1.21. The van der Waals surface area contributed by atoms with Crippen LogP contribution >= 0.6 is 0 Å². The number of piperidine rings is 1. The minimum atomic E-state index is -0.504. The third kappa shape index (κ3) is 3.53. The number of nitriles is 1. The number of aryl methyl sites for hydroxylation is 1. The summed E-state index contributed by atoms with van der Waals surface area (Å²) in [7, 11) is 3.36. The van der Waals surface area contributed by atoms with Gasteiger partial charge in [-0.3, -0.25) is 4.79 Å². The van der Waals surface area contributed by atoms with Gasteiger partial charge in [-0.05, 0) is 36.8 Å². The minimum Gasteiger partial charge on any atom is -0.371 e. The molecule has 1 saturated carbocycles. The van der Waals surface area contributed by atoms with Crippen LogP contribution in [0.5, 0.6) is 0 Å².